The first-order valence-electron chi connectivity index (χ1n) is 13.4. The summed E-state index contributed by atoms with van der Waals surface area (Å²) in [4.78, 5) is 8.97. The second kappa shape index (κ2) is 10.1. The van der Waals surface area contributed by atoms with E-state index < -0.39 is 12.2 Å². The lowest BCUT2D eigenvalue weighted by molar-refractivity contribution is 0.425. The van der Waals surface area contributed by atoms with Crippen LogP contribution in [-0.4, -0.2) is 37.7 Å². The fourth-order valence-electron chi connectivity index (χ4n) is 4.97. The lowest BCUT2D eigenvalue weighted by atomic mass is 9.96. The monoisotopic (exact) mass is 545 g/mol. The number of halogens is 1. The van der Waals surface area contributed by atoms with Crippen molar-refractivity contribution in [2.45, 2.75) is 45.4 Å². The van der Waals surface area contributed by atoms with E-state index in [0.29, 0.717) is 52.1 Å². The summed E-state index contributed by atoms with van der Waals surface area (Å²) in [6.45, 7) is 6.93. The Labute approximate surface area is 236 Å². The number of anilines is 2. The molecule has 0 bridgehead atoms. The molecule has 1 aliphatic rings. The van der Waals surface area contributed by atoms with Crippen molar-refractivity contribution >= 4 is 33.2 Å². The molecule has 204 valence electrons. The summed E-state index contributed by atoms with van der Waals surface area (Å²) in [5.74, 6) is 0. The van der Waals surface area contributed by atoms with E-state index in [4.69, 9.17) is 0 Å². The van der Waals surface area contributed by atoms with Gasteiger partial charge in [-0.3, -0.25) is 9.97 Å². The predicted molar refractivity (Wildman–Crippen MR) is 155 cm³/mol. The Kier molecular flexibility index (Phi) is 6.47. The third-order valence-corrected chi connectivity index (χ3v) is 7.15. The molecule has 0 aliphatic heterocycles. The summed E-state index contributed by atoms with van der Waals surface area (Å²) in [7, 11) is 0. The molecule has 0 radical (unpaired) electrons. The zero-order valence-corrected chi connectivity index (χ0v) is 22.9. The highest BCUT2D eigenvalue weighted by molar-refractivity contribution is 5.99. The first kappa shape index (κ1) is 26.1. The first-order chi connectivity index (χ1) is 19.8. The molecule has 0 unspecified atom stereocenters. The van der Waals surface area contributed by atoms with Crippen LogP contribution < -0.4 is 10.6 Å². The number of benzene rings is 2. The van der Waals surface area contributed by atoms with E-state index in [1.54, 1.807) is 23.1 Å². The minimum absolute atomic E-state index is 0.0459. The SMILES string of the molecule is CC(C)(C)CNc1c(C#N)cnc2c(C#N)cc(N[C@H](c3cn([C@@H]4C[C@@H]4F)nn3)c3cccc4ncccc34)cc12. The quantitative estimate of drug-likeness (QED) is 0.253. The standard InChI is InChI=1S/C31H28FN9/c1-31(2,3)17-37-29-19(14-34)15-36-28-18(13-33)10-20(11-23(28)29)38-30(26-16-41(40-39-26)27-12-24(27)32)22-6-4-8-25-21(22)7-5-9-35-25/h4-11,15-16,24,27,30,38H,12,17H2,1-3H3,(H,36,37)/t24-,27+,30-/m0/s1. The zero-order valence-electron chi connectivity index (χ0n) is 22.9. The number of pyridine rings is 2. The van der Waals surface area contributed by atoms with Crippen LogP contribution in [0.5, 0.6) is 0 Å². The van der Waals surface area contributed by atoms with Crippen LogP contribution in [0.3, 0.4) is 0 Å². The van der Waals surface area contributed by atoms with Crippen LogP contribution in [0.15, 0.2) is 61.1 Å². The van der Waals surface area contributed by atoms with Gasteiger partial charge in [-0.1, -0.05) is 44.2 Å². The molecule has 9 nitrogen and oxygen atoms in total. The largest absolute Gasteiger partial charge is 0.383 e. The zero-order chi connectivity index (χ0) is 28.7. The summed E-state index contributed by atoms with van der Waals surface area (Å²) in [5.41, 5.74) is 4.83. The molecule has 1 aliphatic carbocycles. The average Bonchev–Trinajstić information content (AvgIpc) is 3.50. The molecule has 2 N–H and O–H groups in total. The van der Waals surface area contributed by atoms with Gasteiger partial charge >= 0.3 is 0 Å². The van der Waals surface area contributed by atoms with Crippen LogP contribution in [0.25, 0.3) is 21.8 Å². The molecule has 0 saturated heterocycles. The molecule has 10 heteroatoms. The highest BCUT2D eigenvalue weighted by Crippen LogP contribution is 2.40. The van der Waals surface area contributed by atoms with Crippen LogP contribution >= 0.6 is 0 Å². The number of rotatable bonds is 7. The van der Waals surface area contributed by atoms with Gasteiger partial charge in [0.2, 0.25) is 0 Å². The number of fused-ring (bicyclic) bond motifs is 2. The summed E-state index contributed by atoms with van der Waals surface area (Å²) < 4.78 is 15.4. The molecule has 6 rings (SSSR count). The van der Waals surface area contributed by atoms with Crippen LogP contribution in [0.1, 0.15) is 61.7 Å². The highest BCUT2D eigenvalue weighted by atomic mass is 19.1. The maximum Gasteiger partial charge on any atom is 0.125 e. The number of hydrogen-bond donors (Lipinski definition) is 2. The second-order valence-corrected chi connectivity index (χ2v) is 11.5. The van der Waals surface area contributed by atoms with E-state index >= 15 is 0 Å². The van der Waals surface area contributed by atoms with Gasteiger partial charge in [0.25, 0.3) is 0 Å². The normalized spacial score (nSPS) is 17.1. The van der Waals surface area contributed by atoms with E-state index in [1.165, 1.54) is 6.20 Å². The number of nitrogens with zero attached hydrogens (tertiary/aromatic N) is 7. The summed E-state index contributed by atoms with van der Waals surface area (Å²) >= 11 is 0. The summed E-state index contributed by atoms with van der Waals surface area (Å²) in [6.07, 6.45) is 4.52. The molecule has 0 amide bonds. The molecule has 5 aromatic rings. The average molecular weight is 546 g/mol. The second-order valence-electron chi connectivity index (χ2n) is 11.5. The number of hydrogen-bond acceptors (Lipinski definition) is 8. The van der Waals surface area contributed by atoms with E-state index in [1.807, 2.05) is 36.4 Å². The maximum absolute atomic E-state index is 13.8. The van der Waals surface area contributed by atoms with Crippen molar-refractivity contribution in [3.63, 3.8) is 0 Å². The summed E-state index contributed by atoms with van der Waals surface area (Å²) in [5, 5.41) is 37.2. The van der Waals surface area contributed by atoms with E-state index in [-0.39, 0.29) is 11.5 Å². The lowest BCUT2D eigenvalue weighted by Gasteiger charge is -2.23. The Morgan fingerprint density at radius 2 is 1.88 bits per heavy atom. The minimum atomic E-state index is -0.919. The third kappa shape index (κ3) is 5.12. The molecule has 1 fully saturated rings. The molecule has 2 aromatic carbocycles. The molecule has 41 heavy (non-hydrogen) atoms. The number of aromatic nitrogens is 5. The van der Waals surface area contributed by atoms with Crippen LogP contribution in [0.2, 0.25) is 0 Å². The molecule has 3 aromatic heterocycles. The summed E-state index contributed by atoms with van der Waals surface area (Å²) in [6, 6.07) is 17.1. The lowest BCUT2D eigenvalue weighted by Crippen LogP contribution is -2.20. The van der Waals surface area contributed by atoms with Crippen molar-refractivity contribution in [1.82, 2.24) is 25.0 Å². The van der Waals surface area contributed by atoms with Gasteiger partial charge in [0.05, 0.1) is 46.1 Å². The molecule has 3 heterocycles. The highest BCUT2D eigenvalue weighted by Gasteiger charge is 2.40. The van der Waals surface area contributed by atoms with Crippen molar-refractivity contribution in [2.24, 2.45) is 5.41 Å². The molecule has 1 saturated carbocycles. The van der Waals surface area contributed by atoms with Gasteiger partial charge in [0, 0.05) is 41.8 Å². The van der Waals surface area contributed by atoms with Gasteiger partial charge in [0.15, 0.2) is 0 Å². The minimum Gasteiger partial charge on any atom is -0.383 e. The number of nitrogens with one attached hydrogen (secondary N) is 2. The Bertz CT molecular complexity index is 1850. The fraction of sp³-hybridized carbons (Fsp3) is 0.290. The van der Waals surface area contributed by atoms with Crippen LogP contribution in [0, 0.1) is 28.1 Å². The Morgan fingerprint density at radius 1 is 1.07 bits per heavy atom. The topological polar surface area (TPSA) is 128 Å². The molecular weight excluding hydrogens is 517 g/mol. The van der Waals surface area contributed by atoms with Crippen LogP contribution in [0.4, 0.5) is 15.8 Å². The Balaban J connectivity index is 1.50. The van der Waals surface area contributed by atoms with Gasteiger partial charge in [-0.25, -0.2) is 9.07 Å². The number of alkyl halides is 1. The Hall–Kier alpha value is -5.09. The predicted octanol–water partition coefficient (Wildman–Crippen LogP) is 6.06. The van der Waals surface area contributed by atoms with Gasteiger partial charge in [-0.15, -0.1) is 5.10 Å². The molecule has 0 spiro atoms. The maximum atomic E-state index is 13.8. The van der Waals surface area contributed by atoms with Gasteiger partial charge < -0.3 is 10.6 Å². The van der Waals surface area contributed by atoms with Crippen molar-refractivity contribution in [1.29, 1.82) is 10.5 Å². The fourth-order valence-corrected chi connectivity index (χ4v) is 4.97. The van der Waals surface area contributed by atoms with Crippen molar-refractivity contribution in [2.75, 3.05) is 17.2 Å². The first-order valence-corrected chi connectivity index (χ1v) is 13.4. The van der Waals surface area contributed by atoms with Crippen molar-refractivity contribution in [3.8, 4) is 12.1 Å². The van der Waals surface area contributed by atoms with E-state index in [2.05, 4.69) is 63.8 Å². The van der Waals surface area contributed by atoms with Gasteiger partial charge in [-0.2, -0.15) is 10.5 Å². The molecular formula is C31H28FN9. The number of nitriles is 2. The van der Waals surface area contributed by atoms with Crippen molar-refractivity contribution in [3.05, 3.63) is 83.4 Å². The van der Waals surface area contributed by atoms with E-state index in [0.717, 1.165) is 16.5 Å². The Morgan fingerprint density at radius 3 is 2.61 bits per heavy atom. The third-order valence-electron chi connectivity index (χ3n) is 7.15. The van der Waals surface area contributed by atoms with Crippen LogP contribution in [-0.2, 0) is 0 Å². The smallest absolute Gasteiger partial charge is 0.125 e. The van der Waals surface area contributed by atoms with E-state index in [9.17, 15) is 14.9 Å². The van der Waals surface area contributed by atoms with Gasteiger partial charge in [-0.05, 0) is 35.2 Å². The molecule has 3 atom stereocenters. The van der Waals surface area contributed by atoms with Crippen molar-refractivity contribution < 1.29 is 4.39 Å². The van der Waals surface area contributed by atoms with Gasteiger partial charge in [0.1, 0.15) is 24.0 Å².